The molecule has 6 nitrogen and oxygen atoms in total. The molecule has 0 aliphatic heterocycles. The van der Waals surface area contributed by atoms with Crippen LogP contribution in [0.3, 0.4) is 0 Å². The fourth-order valence-corrected chi connectivity index (χ4v) is 4.01. The summed E-state index contributed by atoms with van der Waals surface area (Å²) in [6.07, 6.45) is 6.09. The Balaban J connectivity index is 1.21. The molecule has 0 atom stereocenters. The van der Waals surface area contributed by atoms with Gasteiger partial charge in [-0.1, -0.05) is 66.7 Å². The average molecular weight is 457 g/mol. The van der Waals surface area contributed by atoms with Crippen LogP contribution in [0.2, 0.25) is 0 Å². The predicted octanol–water partition coefficient (Wildman–Crippen LogP) is 5.67. The molecule has 0 spiro atoms. The summed E-state index contributed by atoms with van der Waals surface area (Å²) in [6, 6.07) is 29.6. The van der Waals surface area contributed by atoms with Gasteiger partial charge in [-0.05, 0) is 52.6 Å². The smallest absolute Gasteiger partial charge is 0.251 e. The van der Waals surface area contributed by atoms with Crippen LogP contribution in [0.4, 0.5) is 11.6 Å². The number of benzene rings is 3. The molecular weight excluding hydrogens is 434 g/mol. The van der Waals surface area contributed by atoms with Gasteiger partial charge in [0.25, 0.3) is 5.91 Å². The minimum Gasteiger partial charge on any atom is -0.348 e. The summed E-state index contributed by atoms with van der Waals surface area (Å²) in [4.78, 5) is 17.4. The van der Waals surface area contributed by atoms with E-state index in [9.17, 15) is 4.79 Å². The van der Waals surface area contributed by atoms with E-state index in [0.717, 1.165) is 28.0 Å². The zero-order valence-electron chi connectivity index (χ0n) is 18.8. The van der Waals surface area contributed by atoms with Gasteiger partial charge in [-0.25, -0.2) is 4.52 Å². The highest BCUT2D eigenvalue weighted by atomic mass is 16.1. The van der Waals surface area contributed by atoms with Gasteiger partial charge in [-0.3, -0.25) is 4.79 Å². The summed E-state index contributed by atoms with van der Waals surface area (Å²) < 4.78 is 1.76. The Hall–Kier alpha value is -4.71. The van der Waals surface area contributed by atoms with Crippen LogP contribution in [0.25, 0.3) is 22.3 Å². The van der Waals surface area contributed by atoms with Crippen molar-refractivity contribution < 1.29 is 4.79 Å². The lowest BCUT2D eigenvalue weighted by atomic mass is 10.0. The van der Waals surface area contributed by atoms with Gasteiger partial charge < -0.3 is 10.6 Å². The molecule has 5 aromatic rings. The number of pyridine rings is 1. The van der Waals surface area contributed by atoms with Gasteiger partial charge in [0, 0.05) is 36.0 Å². The second-order valence-corrected chi connectivity index (χ2v) is 8.37. The van der Waals surface area contributed by atoms with Crippen molar-refractivity contribution in [3.05, 3.63) is 126 Å². The van der Waals surface area contributed by atoms with Gasteiger partial charge in [0.05, 0.1) is 0 Å². The zero-order valence-corrected chi connectivity index (χ0v) is 18.8. The molecule has 2 aromatic heterocycles. The summed E-state index contributed by atoms with van der Waals surface area (Å²) in [5.41, 5.74) is 7.71. The van der Waals surface area contributed by atoms with Gasteiger partial charge in [0.1, 0.15) is 0 Å². The Morgan fingerprint density at radius 1 is 0.857 bits per heavy atom. The van der Waals surface area contributed by atoms with Crippen molar-refractivity contribution in [3.8, 4) is 11.1 Å². The Bertz CT molecular complexity index is 1550. The molecule has 1 amide bonds. The first-order chi connectivity index (χ1) is 17.2. The summed E-state index contributed by atoms with van der Waals surface area (Å²) >= 11 is 0. The molecular formula is C29H22N5O. The first-order valence-electron chi connectivity index (χ1n) is 11.4. The van der Waals surface area contributed by atoms with Crippen molar-refractivity contribution in [1.29, 1.82) is 0 Å². The molecule has 0 saturated carbocycles. The number of rotatable bonds is 7. The molecule has 2 N–H and O–H groups in total. The Morgan fingerprint density at radius 3 is 2.46 bits per heavy atom. The maximum Gasteiger partial charge on any atom is 0.251 e. The van der Waals surface area contributed by atoms with Crippen LogP contribution < -0.4 is 10.6 Å². The van der Waals surface area contributed by atoms with Gasteiger partial charge in [0.15, 0.2) is 5.65 Å². The lowest BCUT2D eigenvalue weighted by Crippen LogP contribution is -2.22. The van der Waals surface area contributed by atoms with Crippen LogP contribution >= 0.6 is 0 Å². The van der Waals surface area contributed by atoms with Gasteiger partial charge in [0.2, 0.25) is 5.95 Å². The summed E-state index contributed by atoms with van der Waals surface area (Å²) in [7, 11) is 0. The van der Waals surface area contributed by atoms with Crippen molar-refractivity contribution in [2.75, 3.05) is 5.32 Å². The number of carbonyl (C=O) groups excluding carboxylic acids is 1. The minimum absolute atomic E-state index is 0.134. The number of fused-ring (bicyclic) bond motifs is 1. The largest absolute Gasteiger partial charge is 0.348 e. The standard InChI is InChI=1S/C29H22N5O/c35-28(30-19-20-6-2-1-3-7-20)24-8-4-9-25(18-24)31-29-32-27-26(10-5-17-34(27)33-29)23-15-13-22(14-16-23)21-11-12-21/h1-18H,19H2,(H,30,35)(H,31,33). The van der Waals surface area contributed by atoms with E-state index in [0.29, 0.717) is 18.1 Å². The molecule has 1 aliphatic rings. The predicted molar refractivity (Wildman–Crippen MR) is 138 cm³/mol. The van der Waals surface area contributed by atoms with Gasteiger partial charge >= 0.3 is 0 Å². The number of anilines is 2. The average Bonchev–Trinajstić information content (AvgIpc) is 3.67. The number of carbonyl (C=O) groups is 1. The second kappa shape index (κ2) is 8.91. The molecule has 3 aromatic carbocycles. The molecule has 1 radical (unpaired) electrons. The van der Waals surface area contributed by atoms with Crippen molar-refractivity contribution in [2.24, 2.45) is 0 Å². The number of nitrogens with one attached hydrogen (secondary N) is 2. The lowest BCUT2D eigenvalue weighted by Gasteiger charge is -2.07. The lowest BCUT2D eigenvalue weighted by molar-refractivity contribution is 0.0951. The molecule has 169 valence electrons. The number of hydrogen-bond acceptors (Lipinski definition) is 4. The molecule has 6 rings (SSSR count). The number of amides is 1. The van der Waals surface area contributed by atoms with Crippen molar-refractivity contribution in [1.82, 2.24) is 19.9 Å². The first-order valence-corrected chi connectivity index (χ1v) is 11.4. The van der Waals surface area contributed by atoms with Crippen LogP contribution in [0.5, 0.6) is 0 Å². The highest BCUT2D eigenvalue weighted by Crippen LogP contribution is 2.32. The molecule has 2 heterocycles. The van der Waals surface area contributed by atoms with E-state index in [1.54, 1.807) is 16.6 Å². The fraction of sp³-hybridized carbons (Fsp3) is 0.0345. The van der Waals surface area contributed by atoms with E-state index in [-0.39, 0.29) is 5.91 Å². The highest BCUT2D eigenvalue weighted by molar-refractivity contribution is 5.95. The van der Waals surface area contributed by atoms with Crippen molar-refractivity contribution in [3.63, 3.8) is 0 Å². The Kier molecular flexibility index (Phi) is 5.31. The monoisotopic (exact) mass is 456 g/mol. The SMILES string of the molecule is O=C(NCc1ccccc1)c1cccc(Nc2nc3c(-c4ccc(C5=C[CH]5)cc4)cccn3n2)c1. The Labute approximate surface area is 203 Å². The van der Waals surface area contributed by atoms with Crippen LogP contribution in [-0.2, 0) is 6.54 Å². The normalized spacial score (nSPS) is 12.3. The molecule has 0 unspecified atom stereocenters. The zero-order chi connectivity index (χ0) is 23.6. The van der Waals surface area contributed by atoms with Gasteiger partial charge in [-0.15, -0.1) is 5.10 Å². The van der Waals surface area contributed by atoms with E-state index >= 15 is 0 Å². The van der Waals surface area contributed by atoms with E-state index in [1.807, 2.05) is 60.8 Å². The number of hydrogen-bond donors (Lipinski definition) is 2. The third-order valence-corrected chi connectivity index (χ3v) is 5.90. The summed E-state index contributed by atoms with van der Waals surface area (Å²) in [5.74, 6) is 0.333. The van der Waals surface area contributed by atoms with E-state index in [4.69, 9.17) is 4.98 Å². The third-order valence-electron chi connectivity index (χ3n) is 5.90. The number of allylic oxidation sites excluding steroid dienone is 2. The molecule has 6 heteroatoms. The van der Waals surface area contributed by atoms with Gasteiger partial charge in [-0.2, -0.15) is 4.98 Å². The van der Waals surface area contributed by atoms with Crippen LogP contribution in [0.15, 0.2) is 103 Å². The topological polar surface area (TPSA) is 71.3 Å². The second-order valence-electron chi connectivity index (χ2n) is 8.37. The maximum absolute atomic E-state index is 12.7. The fourth-order valence-electron chi connectivity index (χ4n) is 4.01. The van der Waals surface area contributed by atoms with E-state index in [1.165, 1.54) is 11.1 Å². The Morgan fingerprint density at radius 2 is 1.66 bits per heavy atom. The number of nitrogens with zero attached hydrogens (tertiary/aromatic N) is 3. The molecule has 35 heavy (non-hydrogen) atoms. The van der Waals surface area contributed by atoms with Crippen molar-refractivity contribution >= 4 is 28.8 Å². The molecule has 0 saturated heterocycles. The maximum atomic E-state index is 12.7. The first kappa shape index (κ1) is 20.9. The third kappa shape index (κ3) is 4.54. The molecule has 1 aliphatic carbocycles. The van der Waals surface area contributed by atoms with Crippen molar-refractivity contribution in [2.45, 2.75) is 6.54 Å². The molecule has 0 fully saturated rings. The molecule has 0 bridgehead atoms. The summed E-state index contributed by atoms with van der Waals surface area (Å²) in [5, 5.41) is 10.8. The highest BCUT2D eigenvalue weighted by Gasteiger charge is 2.13. The van der Waals surface area contributed by atoms with E-state index in [2.05, 4.69) is 52.5 Å². The minimum atomic E-state index is -0.134. The number of aromatic nitrogens is 3. The van der Waals surface area contributed by atoms with Crippen LogP contribution in [0, 0.1) is 6.42 Å². The van der Waals surface area contributed by atoms with Crippen LogP contribution in [0.1, 0.15) is 21.5 Å². The summed E-state index contributed by atoms with van der Waals surface area (Å²) in [6.45, 7) is 0.477. The van der Waals surface area contributed by atoms with E-state index < -0.39 is 0 Å². The quantitative estimate of drug-likeness (QED) is 0.331. The van der Waals surface area contributed by atoms with Crippen LogP contribution in [-0.4, -0.2) is 20.5 Å².